The summed E-state index contributed by atoms with van der Waals surface area (Å²) in [4.78, 5) is 10.1. The van der Waals surface area contributed by atoms with Crippen molar-refractivity contribution in [3.63, 3.8) is 0 Å². The molecule has 2 aromatic carbocycles. The molecule has 0 atom stereocenters. The van der Waals surface area contributed by atoms with Gasteiger partial charge in [-0.25, -0.2) is 0 Å². The van der Waals surface area contributed by atoms with Crippen molar-refractivity contribution in [1.29, 1.82) is 0 Å². The molecular formula is C22H26N2Ni. The van der Waals surface area contributed by atoms with E-state index in [4.69, 9.17) is 9.98 Å². The number of aryl methyl sites for hydroxylation is 4. The first-order valence-corrected chi connectivity index (χ1v) is 8.84. The van der Waals surface area contributed by atoms with Gasteiger partial charge in [0, 0.05) is 16.5 Å². The third kappa shape index (κ3) is 4.47. The summed E-state index contributed by atoms with van der Waals surface area (Å²) < 4.78 is 0. The molecule has 2 aromatic rings. The van der Waals surface area contributed by atoms with Crippen molar-refractivity contribution in [3.05, 3.63) is 58.7 Å². The van der Waals surface area contributed by atoms with Crippen LogP contribution in [0.3, 0.4) is 0 Å². The van der Waals surface area contributed by atoms with Crippen LogP contribution in [0.1, 0.15) is 47.9 Å². The number of hydrogen-bond donors (Lipinski definition) is 0. The number of aliphatic imine (C=N–C) groups is 2. The fourth-order valence-corrected chi connectivity index (χ4v) is 3.35. The topological polar surface area (TPSA) is 24.7 Å². The molecule has 0 amide bonds. The molecule has 0 N–H and O–H groups in total. The monoisotopic (exact) mass is 376 g/mol. The molecule has 0 spiro atoms. The van der Waals surface area contributed by atoms with E-state index in [2.05, 4.69) is 64.1 Å². The minimum Gasteiger partial charge on any atom is -0.251 e. The third-order valence-corrected chi connectivity index (χ3v) is 4.78. The van der Waals surface area contributed by atoms with E-state index >= 15 is 0 Å². The number of nitrogens with zero attached hydrogens (tertiary/aromatic N) is 2. The van der Waals surface area contributed by atoms with Gasteiger partial charge in [-0.15, -0.1) is 0 Å². The van der Waals surface area contributed by atoms with Crippen LogP contribution in [0.2, 0.25) is 0 Å². The zero-order valence-electron chi connectivity index (χ0n) is 15.5. The van der Waals surface area contributed by atoms with E-state index in [0.29, 0.717) is 0 Å². The Bertz CT molecular complexity index is 709. The predicted octanol–water partition coefficient (Wildman–Crippen LogP) is 6.34. The Morgan fingerprint density at radius 1 is 0.600 bits per heavy atom. The van der Waals surface area contributed by atoms with E-state index in [1.807, 2.05) is 0 Å². The maximum atomic E-state index is 5.04. The van der Waals surface area contributed by atoms with Crippen LogP contribution in [0.5, 0.6) is 0 Å². The molecule has 0 unspecified atom stereocenters. The zero-order chi connectivity index (χ0) is 17.1. The molecule has 1 aliphatic rings. The smallest absolute Gasteiger partial charge is 0.0692 e. The molecule has 0 heterocycles. The van der Waals surface area contributed by atoms with Crippen LogP contribution in [0.25, 0.3) is 0 Å². The minimum absolute atomic E-state index is 0. The SMILES string of the molecule is Cc1cccc(C)c1N=C1CCCCC1=Nc1c(C)cccc1C.[Ni]. The van der Waals surface area contributed by atoms with E-state index in [-0.39, 0.29) is 16.5 Å². The van der Waals surface area contributed by atoms with Gasteiger partial charge >= 0.3 is 0 Å². The first-order valence-electron chi connectivity index (χ1n) is 8.84. The first kappa shape index (κ1) is 19.6. The quantitative estimate of drug-likeness (QED) is 0.546. The molecule has 0 aliphatic heterocycles. The normalized spacial score (nSPS) is 17.6. The molecule has 1 saturated carbocycles. The van der Waals surface area contributed by atoms with Crippen LogP contribution in [-0.4, -0.2) is 11.4 Å². The molecular weight excluding hydrogens is 351 g/mol. The zero-order valence-corrected chi connectivity index (χ0v) is 16.5. The first-order chi connectivity index (χ1) is 11.6. The van der Waals surface area contributed by atoms with Crippen LogP contribution in [0, 0.1) is 27.7 Å². The molecule has 1 fully saturated rings. The molecule has 1 aliphatic carbocycles. The van der Waals surface area contributed by atoms with Gasteiger partial charge in [0.25, 0.3) is 0 Å². The van der Waals surface area contributed by atoms with Gasteiger partial charge in [-0.2, -0.15) is 0 Å². The summed E-state index contributed by atoms with van der Waals surface area (Å²) in [7, 11) is 0. The van der Waals surface area contributed by atoms with Gasteiger partial charge in [-0.1, -0.05) is 36.4 Å². The maximum absolute atomic E-state index is 5.04. The van der Waals surface area contributed by atoms with Crippen molar-refractivity contribution in [2.45, 2.75) is 53.4 Å². The van der Waals surface area contributed by atoms with Crippen molar-refractivity contribution in [1.82, 2.24) is 0 Å². The van der Waals surface area contributed by atoms with E-state index in [1.165, 1.54) is 46.5 Å². The molecule has 0 radical (unpaired) electrons. The molecule has 0 aromatic heterocycles. The van der Waals surface area contributed by atoms with Gasteiger partial charge in [0.15, 0.2) is 0 Å². The Morgan fingerprint density at radius 2 is 0.920 bits per heavy atom. The summed E-state index contributed by atoms with van der Waals surface area (Å²) in [5, 5.41) is 0. The second kappa shape index (κ2) is 8.58. The molecule has 0 bridgehead atoms. The second-order valence-corrected chi connectivity index (χ2v) is 6.80. The Balaban J connectivity index is 0.00000225. The van der Waals surface area contributed by atoms with Gasteiger partial charge in [-0.3, -0.25) is 9.98 Å². The molecule has 134 valence electrons. The number of benzene rings is 2. The maximum Gasteiger partial charge on any atom is 0.0692 e. The largest absolute Gasteiger partial charge is 0.251 e. The summed E-state index contributed by atoms with van der Waals surface area (Å²) >= 11 is 0. The van der Waals surface area contributed by atoms with Gasteiger partial charge in [0.1, 0.15) is 0 Å². The summed E-state index contributed by atoms with van der Waals surface area (Å²) in [5.41, 5.74) is 9.51. The van der Waals surface area contributed by atoms with Gasteiger partial charge in [0.05, 0.1) is 22.8 Å². The molecule has 2 nitrogen and oxygen atoms in total. The average molecular weight is 377 g/mol. The van der Waals surface area contributed by atoms with Crippen molar-refractivity contribution in [2.24, 2.45) is 9.98 Å². The fourth-order valence-electron chi connectivity index (χ4n) is 3.35. The van der Waals surface area contributed by atoms with E-state index in [9.17, 15) is 0 Å². The number of para-hydroxylation sites is 2. The van der Waals surface area contributed by atoms with Gasteiger partial charge in [0.2, 0.25) is 0 Å². The van der Waals surface area contributed by atoms with Crippen molar-refractivity contribution in [2.75, 3.05) is 0 Å². The fraction of sp³-hybridized carbons (Fsp3) is 0.364. The van der Waals surface area contributed by atoms with Crippen LogP contribution >= 0.6 is 0 Å². The van der Waals surface area contributed by atoms with Crippen LogP contribution in [-0.2, 0) is 16.5 Å². The molecule has 3 rings (SSSR count). The molecule has 0 saturated heterocycles. The number of hydrogen-bond acceptors (Lipinski definition) is 2. The van der Waals surface area contributed by atoms with Crippen molar-refractivity contribution >= 4 is 22.8 Å². The Hall–Kier alpha value is -1.73. The van der Waals surface area contributed by atoms with Gasteiger partial charge in [-0.05, 0) is 75.6 Å². The van der Waals surface area contributed by atoms with Crippen LogP contribution in [0.4, 0.5) is 11.4 Å². The third-order valence-electron chi connectivity index (χ3n) is 4.78. The summed E-state index contributed by atoms with van der Waals surface area (Å²) in [5.74, 6) is 0. The average Bonchev–Trinajstić information content (AvgIpc) is 2.56. The Morgan fingerprint density at radius 3 is 1.24 bits per heavy atom. The Kier molecular flexibility index (Phi) is 6.73. The summed E-state index contributed by atoms with van der Waals surface area (Å²) in [6.45, 7) is 8.55. The van der Waals surface area contributed by atoms with Crippen LogP contribution in [0.15, 0.2) is 46.4 Å². The van der Waals surface area contributed by atoms with Crippen LogP contribution < -0.4 is 0 Å². The standard InChI is InChI=1S/C22H26N2.Ni/c1-15-9-7-10-16(2)21(15)23-19-13-5-6-14-20(19)24-22-17(3)11-8-12-18(22)4;/h7-12H,5-6,13-14H2,1-4H3;. The molecule has 3 heteroatoms. The van der Waals surface area contributed by atoms with Crippen molar-refractivity contribution < 1.29 is 16.5 Å². The Labute approximate surface area is 161 Å². The minimum atomic E-state index is 0. The van der Waals surface area contributed by atoms with E-state index in [1.54, 1.807) is 0 Å². The van der Waals surface area contributed by atoms with Crippen molar-refractivity contribution in [3.8, 4) is 0 Å². The second-order valence-electron chi connectivity index (χ2n) is 6.80. The summed E-state index contributed by atoms with van der Waals surface area (Å²) in [6.07, 6.45) is 4.46. The molecule has 25 heavy (non-hydrogen) atoms. The predicted molar refractivity (Wildman–Crippen MR) is 104 cm³/mol. The van der Waals surface area contributed by atoms with E-state index < -0.39 is 0 Å². The number of rotatable bonds is 2. The van der Waals surface area contributed by atoms with E-state index in [0.717, 1.165) is 24.2 Å². The van der Waals surface area contributed by atoms with Gasteiger partial charge < -0.3 is 0 Å². The summed E-state index contributed by atoms with van der Waals surface area (Å²) in [6, 6.07) is 12.7.